The molecule has 0 N–H and O–H groups in total. The van der Waals surface area contributed by atoms with Crippen LogP contribution in [-0.2, 0) is 6.42 Å². The van der Waals surface area contributed by atoms with Crippen LogP contribution >= 0.6 is 0 Å². The van der Waals surface area contributed by atoms with Crippen LogP contribution in [0, 0.1) is 13.8 Å². The predicted octanol–water partition coefficient (Wildman–Crippen LogP) is 12.8. The Kier molecular flexibility index (Phi) is 9.72. The van der Waals surface area contributed by atoms with Gasteiger partial charge in [-0.25, -0.2) is 29.9 Å². The van der Waals surface area contributed by atoms with Crippen molar-refractivity contribution >= 4 is 11.6 Å². The standard InChI is InChI=1S/C54H40N6/c1-35-13-9-11-19-47(35)53-58-52(59-54(60-53)48-20-12-10-14-36(48)2)42-27-23-38(24-28-42)44-30-32-45-33-43(29-31-46(45)34-44)37-21-25-41(26-22-37)51-56-49(39-15-5-3-6-16-39)55-50(57-51)40-17-7-4-8-18-40/h3-28,30,32-34H,29,31H2,1-2H3. The summed E-state index contributed by atoms with van der Waals surface area (Å²) in [5.74, 6) is 3.99. The molecule has 0 bridgehead atoms. The lowest BCUT2D eigenvalue weighted by atomic mass is 9.87. The first kappa shape index (κ1) is 36.6. The van der Waals surface area contributed by atoms with Crippen molar-refractivity contribution < 1.29 is 0 Å². The van der Waals surface area contributed by atoms with Crippen LogP contribution in [-0.4, -0.2) is 29.9 Å². The van der Waals surface area contributed by atoms with Crippen molar-refractivity contribution in [2.24, 2.45) is 0 Å². The second kappa shape index (κ2) is 15.9. The molecule has 10 rings (SSSR count). The van der Waals surface area contributed by atoms with E-state index in [1.807, 2.05) is 84.9 Å². The Labute approximate surface area is 350 Å². The van der Waals surface area contributed by atoms with Gasteiger partial charge >= 0.3 is 0 Å². The molecule has 1 aliphatic carbocycles. The summed E-state index contributed by atoms with van der Waals surface area (Å²) in [6, 6.07) is 60.7. The molecule has 0 saturated carbocycles. The highest BCUT2D eigenvalue weighted by Crippen LogP contribution is 2.35. The van der Waals surface area contributed by atoms with Crippen molar-refractivity contribution in [1.82, 2.24) is 29.9 Å². The molecule has 0 aliphatic heterocycles. The van der Waals surface area contributed by atoms with Crippen molar-refractivity contribution in [3.05, 3.63) is 204 Å². The molecule has 0 fully saturated rings. The second-order valence-corrected chi connectivity index (χ2v) is 15.2. The Morgan fingerprint density at radius 2 is 0.700 bits per heavy atom. The maximum Gasteiger partial charge on any atom is 0.164 e. The minimum atomic E-state index is 0.658. The first-order valence-corrected chi connectivity index (χ1v) is 20.3. The summed E-state index contributed by atoms with van der Waals surface area (Å²) in [5.41, 5.74) is 15.6. The summed E-state index contributed by atoms with van der Waals surface area (Å²) in [4.78, 5) is 29.6. The number of fused-ring (bicyclic) bond motifs is 1. The lowest BCUT2D eigenvalue weighted by molar-refractivity contribution is 1.00. The van der Waals surface area contributed by atoms with E-state index in [0.29, 0.717) is 34.9 Å². The Bertz CT molecular complexity index is 2910. The van der Waals surface area contributed by atoms with Crippen LogP contribution in [0.5, 0.6) is 0 Å². The molecule has 0 saturated heterocycles. The van der Waals surface area contributed by atoms with E-state index in [1.165, 1.54) is 27.8 Å². The molecule has 0 radical (unpaired) electrons. The Hall–Kier alpha value is -7.70. The van der Waals surface area contributed by atoms with Crippen LogP contribution in [0.4, 0.5) is 0 Å². The van der Waals surface area contributed by atoms with Crippen molar-refractivity contribution in [1.29, 1.82) is 0 Å². The lowest BCUT2D eigenvalue weighted by Gasteiger charge is -2.18. The fourth-order valence-corrected chi connectivity index (χ4v) is 7.88. The minimum Gasteiger partial charge on any atom is -0.208 e. The van der Waals surface area contributed by atoms with Crippen LogP contribution < -0.4 is 0 Å². The molecule has 2 heterocycles. The largest absolute Gasteiger partial charge is 0.208 e. The number of hydrogen-bond donors (Lipinski definition) is 0. The van der Waals surface area contributed by atoms with E-state index in [4.69, 9.17) is 29.9 Å². The second-order valence-electron chi connectivity index (χ2n) is 15.2. The highest BCUT2D eigenvalue weighted by atomic mass is 15.0. The van der Waals surface area contributed by atoms with Crippen LogP contribution in [0.15, 0.2) is 176 Å². The molecular formula is C54H40N6. The van der Waals surface area contributed by atoms with Gasteiger partial charge in [0.1, 0.15) is 0 Å². The third kappa shape index (κ3) is 7.43. The molecule has 9 aromatic rings. The average Bonchev–Trinajstić information content (AvgIpc) is 3.32. The number of allylic oxidation sites excluding steroid dienone is 1. The van der Waals surface area contributed by atoms with Gasteiger partial charge in [0.05, 0.1) is 0 Å². The summed E-state index contributed by atoms with van der Waals surface area (Å²) in [6.07, 6.45) is 4.27. The fourth-order valence-electron chi connectivity index (χ4n) is 7.88. The molecule has 6 nitrogen and oxygen atoms in total. The molecule has 0 amide bonds. The highest BCUT2D eigenvalue weighted by Gasteiger charge is 2.18. The van der Waals surface area contributed by atoms with Gasteiger partial charge in [0, 0.05) is 33.4 Å². The van der Waals surface area contributed by atoms with Crippen molar-refractivity contribution in [3.63, 3.8) is 0 Å². The van der Waals surface area contributed by atoms with Gasteiger partial charge in [-0.2, -0.15) is 0 Å². The van der Waals surface area contributed by atoms with Gasteiger partial charge in [0.25, 0.3) is 0 Å². The smallest absolute Gasteiger partial charge is 0.164 e. The minimum absolute atomic E-state index is 0.658. The van der Waals surface area contributed by atoms with E-state index in [9.17, 15) is 0 Å². The molecule has 1 aliphatic rings. The van der Waals surface area contributed by atoms with Crippen molar-refractivity contribution in [3.8, 4) is 79.5 Å². The number of nitrogens with zero attached hydrogens (tertiary/aromatic N) is 6. The zero-order valence-electron chi connectivity index (χ0n) is 33.4. The topological polar surface area (TPSA) is 77.3 Å². The SMILES string of the molecule is Cc1ccccc1-c1nc(-c2ccc(-c3ccc4c(c3)CCC(c3ccc(-c5nc(-c6ccccc6)nc(-c6ccccc6)n5)cc3)=C4)cc2)nc(-c2ccccc2C)n1. The van der Waals surface area contributed by atoms with Gasteiger partial charge in [-0.05, 0) is 71.2 Å². The number of aromatic nitrogens is 6. The number of hydrogen-bond acceptors (Lipinski definition) is 6. The Morgan fingerprint density at radius 1 is 0.317 bits per heavy atom. The molecule has 286 valence electrons. The van der Waals surface area contributed by atoms with Gasteiger partial charge in [0.2, 0.25) is 0 Å². The number of aryl methyl sites for hydroxylation is 3. The highest BCUT2D eigenvalue weighted by molar-refractivity contribution is 5.86. The number of rotatable bonds is 8. The lowest BCUT2D eigenvalue weighted by Crippen LogP contribution is -2.02. The maximum absolute atomic E-state index is 4.99. The molecule has 0 unspecified atom stereocenters. The van der Waals surface area contributed by atoms with E-state index in [2.05, 4.69) is 111 Å². The molecule has 6 heteroatoms. The third-order valence-electron chi connectivity index (χ3n) is 11.2. The Balaban J connectivity index is 0.908. The van der Waals surface area contributed by atoms with Crippen LogP contribution in [0.3, 0.4) is 0 Å². The molecule has 0 atom stereocenters. The van der Waals surface area contributed by atoms with Gasteiger partial charge in [-0.3, -0.25) is 0 Å². The molecule has 2 aromatic heterocycles. The van der Waals surface area contributed by atoms with Gasteiger partial charge in [-0.1, -0.05) is 182 Å². The van der Waals surface area contributed by atoms with Gasteiger partial charge < -0.3 is 0 Å². The van der Waals surface area contributed by atoms with Crippen LogP contribution in [0.2, 0.25) is 0 Å². The van der Waals surface area contributed by atoms with Crippen LogP contribution in [0.1, 0.15) is 34.2 Å². The van der Waals surface area contributed by atoms with Crippen molar-refractivity contribution in [2.75, 3.05) is 0 Å². The summed E-state index contributed by atoms with van der Waals surface area (Å²) < 4.78 is 0. The van der Waals surface area contributed by atoms with Crippen molar-refractivity contribution in [2.45, 2.75) is 26.7 Å². The Morgan fingerprint density at radius 3 is 1.20 bits per heavy atom. The summed E-state index contributed by atoms with van der Waals surface area (Å²) in [5, 5.41) is 0. The molecule has 7 aromatic carbocycles. The van der Waals surface area contributed by atoms with E-state index >= 15 is 0 Å². The quantitative estimate of drug-likeness (QED) is 0.153. The third-order valence-corrected chi connectivity index (χ3v) is 11.2. The average molecular weight is 773 g/mol. The monoisotopic (exact) mass is 772 g/mol. The normalized spacial score (nSPS) is 12.1. The zero-order chi connectivity index (χ0) is 40.4. The summed E-state index contributed by atoms with van der Waals surface area (Å²) >= 11 is 0. The van der Waals surface area contributed by atoms with E-state index in [-0.39, 0.29) is 0 Å². The summed E-state index contributed by atoms with van der Waals surface area (Å²) in [6.45, 7) is 4.19. The van der Waals surface area contributed by atoms with E-state index in [0.717, 1.165) is 62.9 Å². The molecule has 60 heavy (non-hydrogen) atoms. The maximum atomic E-state index is 4.99. The predicted molar refractivity (Wildman–Crippen MR) is 243 cm³/mol. The van der Waals surface area contributed by atoms with E-state index in [1.54, 1.807) is 0 Å². The molecular weight excluding hydrogens is 733 g/mol. The summed E-state index contributed by atoms with van der Waals surface area (Å²) in [7, 11) is 0. The van der Waals surface area contributed by atoms with Gasteiger partial charge in [0.15, 0.2) is 34.9 Å². The first-order chi connectivity index (χ1) is 29.5. The molecule has 0 spiro atoms. The fraction of sp³-hybridized carbons (Fsp3) is 0.0741. The number of benzene rings is 7. The van der Waals surface area contributed by atoms with E-state index < -0.39 is 0 Å². The first-order valence-electron chi connectivity index (χ1n) is 20.3. The van der Waals surface area contributed by atoms with Crippen LogP contribution in [0.25, 0.3) is 91.1 Å². The van der Waals surface area contributed by atoms with Gasteiger partial charge in [-0.15, -0.1) is 0 Å². The zero-order valence-corrected chi connectivity index (χ0v) is 33.4.